The molecule has 11 heavy (non-hydrogen) atoms. The molecule has 1 aliphatic heterocycles. The maximum atomic E-state index is 12.8. The van der Waals surface area contributed by atoms with Crippen LogP contribution in [0.15, 0.2) is 0 Å². The number of hydrogen-bond acceptors (Lipinski definition) is 1. The molecule has 0 aromatic carbocycles. The second kappa shape index (κ2) is 2.52. The van der Waals surface area contributed by atoms with Crippen molar-refractivity contribution in [3.05, 3.63) is 0 Å². The quantitative estimate of drug-likeness (QED) is 0.483. The van der Waals surface area contributed by atoms with Gasteiger partial charge in [-0.2, -0.15) is 0 Å². The molecule has 0 N–H and O–H groups in total. The Bertz CT molecular complexity index is 158. The summed E-state index contributed by atoms with van der Waals surface area (Å²) in [5.74, 6) is -2.89. The standard InChI is InChI=1S/C7H10F2IN/c8-7(9)5-1-3-11(10)4-2-6(5)7/h5-6H,1-4H2. The minimum Gasteiger partial charge on any atom is -0.248 e. The molecule has 0 bridgehead atoms. The largest absolute Gasteiger partial charge is 0.254 e. The van der Waals surface area contributed by atoms with E-state index in [4.69, 9.17) is 0 Å². The van der Waals surface area contributed by atoms with E-state index in [2.05, 4.69) is 26.0 Å². The highest BCUT2D eigenvalue weighted by Crippen LogP contribution is 2.59. The molecule has 0 aromatic rings. The minimum absolute atomic E-state index is 0.290. The Morgan fingerprint density at radius 2 is 1.64 bits per heavy atom. The van der Waals surface area contributed by atoms with Gasteiger partial charge in [-0.25, -0.2) is 11.9 Å². The van der Waals surface area contributed by atoms with Gasteiger partial charge in [-0.15, -0.1) is 0 Å². The summed E-state index contributed by atoms with van der Waals surface area (Å²) in [7, 11) is 0. The number of fused-ring (bicyclic) bond motifs is 1. The van der Waals surface area contributed by atoms with Gasteiger partial charge in [-0.05, 0) is 12.8 Å². The molecule has 2 unspecified atom stereocenters. The first-order valence-corrected chi connectivity index (χ1v) is 4.87. The maximum absolute atomic E-state index is 12.8. The second-order valence-electron chi connectivity index (χ2n) is 3.37. The summed E-state index contributed by atoms with van der Waals surface area (Å²) in [6.45, 7) is 1.66. The van der Waals surface area contributed by atoms with Crippen molar-refractivity contribution in [3.63, 3.8) is 0 Å². The molecule has 2 rings (SSSR count). The van der Waals surface area contributed by atoms with Gasteiger partial charge in [0.2, 0.25) is 0 Å². The summed E-state index contributed by atoms with van der Waals surface area (Å²) in [6.07, 6.45) is 1.36. The molecule has 64 valence electrons. The topological polar surface area (TPSA) is 3.24 Å². The SMILES string of the molecule is FC1(F)C2CCN(I)CCC21. The van der Waals surface area contributed by atoms with Gasteiger partial charge < -0.3 is 0 Å². The third-order valence-corrected chi connectivity index (χ3v) is 3.70. The van der Waals surface area contributed by atoms with E-state index in [-0.39, 0.29) is 11.8 Å². The molecule has 2 aliphatic rings. The summed E-state index contributed by atoms with van der Waals surface area (Å²) in [4.78, 5) is 0. The first-order valence-electron chi connectivity index (χ1n) is 3.91. The Balaban J connectivity index is 1.98. The fraction of sp³-hybridized carbons (Fsp3) is 1.00. The molecule has 1 saturated carbocycles. The Labute approximate surface area is 78.6 Å². The number of rotatable bonds is 0. The molecule has 1 aliphatic carbocycles. The second-order valence-corrected chi connectivity index (χ2v) is 4.74. The molecular formula is C7H10F2IN. The van der Waals surface area contributed by atoms with Gasteiger partial charge in [0.1, 0.15) is 0 Å². The smallest absolute Gasteiger partial charge is 0.248 e. The van der Waals surface area contributed by atoms with Crippen molar-refractivity contribution >= 4 is 22.9 Å². The molecule has 2 fully saturated rings. The molecule has 2 atom stereocenters. The maximum Gasteiger partial charge on any atom is 0.254 e. The van der Waals surface area contributed by atoms with E-state index in [0.29, 0.717) is 12.8 Å². The van der Waals surface area contributed by atoms with Crippen molar-refractivity contribution in [3.8, 4) is 0 Å². The van der Waals surface area contributed by atoms with E-state index in [0.717, 1.165) is 13.1 Å². The van der Waals surface area contributed by atoms with Gasteiger partial charge in [0.15, 0.2) is 0 Å². The van der Waals surface area contributed by atoms with Crippen LogP contribution in [-0.2, 0) is 0 Å². The zero-order valence-electron chi connectivity index (χ0n) is 6.06. The fourth-order valence-corrected chi connectivity index (χ4v) is 2.48. The molecule has 1 saturated heterocycles. The van der Waals surface area contributed by atoms with E-state index in [1.54, 1.807) is 0 Å². The zero-order valence-corrected chi connectivity index (χ0v) is 8.22. The Hall–Kier alpha value is 0.550. The predicted octanol–water partition coefficient (Wildman–Crippen LogP) is 2.31. The van der Waals surface area contributed by atoms with E-state index in [9.17, 15) is 8.78 Å². The monoisotopic (exact) mass is 273 g/mol. The first kappa shape index (κ1) is 8.16. The summed E-state index contributed by atoms with van der Waals surface area (Å²) < 4.78 is 27.7. The van der Waals surface area contributed by atoms with Gasteiger partial charge in [-0.3, -0.25) is 0 Å². The number of halogens is 3. The van der Waals surface area contributed by atoms with Crippen LogP contribution in [0.3, 0.4) is 0 Å². The van der Waals surface area contributed by atoms with Gasteiger partial charge in [-0.1, -0.05) is 0 Å². The van der Waals surface area contributed by atoms with Gasteiger partial charge in [0.05, 0.1) is 0 Å². The van der Waals surface area contributed by atoms with Crippen LogP contribution < -0.4 is 0 Å². The highest BCUT2D eigenvalue weighted by atomic mass is 127. The summed E-state index contributed by atoms with van der Waals surface area (Å²) >= 11 is 2.21. The third kappa shape index (κ3) is 1.28. The average molecular weight is 273 g/mol. The lowest BCUT2D eigenvalue weighted by atomic mass is 10.2. The van der Waals surface area contributed by atoms with E-state index >= 15 is 0 Å². The van der Waals surface area contributed by atoms with E-state index in [1.807, 2.05) is 0 Å². The summed E-state index contributed by atoms with van der Waals surface area (Å²) in [5, 5.41) is 0. The lowest BCUT2D eigenvalue weighted by Crippen LogP contribution is -2.15. The van der Waals surface area contributed by atoms with Crippen molar-refractivity contribution in [1.82, 2.24) is 3.11 Å². The molecular weight excluding hydrogens is 263 g/mol. The lowest BCUT2D eigenvalue weighted by Gasteiger charge is -2.11. The van der Waals surface area contributed by atoms with Crippen LogP contribution in [0.4, 0.5) is 8.78 Å². The van der Waals surface area contributed by atoms with Crippen LogP contribution in [0, 0.1) is 11.8 Å². The van der Waals surface area contributed by atoms with Crippen molar-refractivity contribution in [2.75, 3.05) is 13.1 Å². The lowest BCUT2D eigenvalue weighted by molar-refractivity contribution is 0.0772. The van der Waals surface area contributed by atoms with Crippen molar-refractivity contribution < 1.29 is 8.78 Å². The van der Waals surface area contributed by atoms with E-state index in [1.165, 1.54) is 0 Å². The summed E-state index contributed by atoms with van der Waals surface area (Å²) in [6, 6.07) is 0. The number of hydrogen-bond donors (Lipinski definition) is 0. The molecule has 0 radical (unpaired) electrons. The predicted molar refractivity (Wildman–Crippen MR) is 46.8 cm³/mol. The molecule has 0 amide bonds. The first-order chi connectivity index (χ1) is 5.12. The Kier molecular flexibility index (Phi) is 1.87. The van der Waals surface area contributed by atoms with Crippen LogP contribution in [0.2, 0.25) is 0 Å². The van der Waals surface area contributed by atoms with E-state index < -0.39 is 5.92 Å². The molecule has 0 aromatic heterocycles. The molecule has 1 heterocycles. The normalized spacial score (nSPS) is 42.8. The van der Waals surface area contributed by atoms with Crippen molar-refractivity contribution in [1.29, 1.82) is 0 Å². The van der Waals surface area contributed by atoms with Crippen molar-refractivity contribution in [2.24, 2.45) is 11.8 Å². The van der Waals surface area contributed by atoms with Crippen LogP contribution in [-0.4, -0.2) is 22.1 Å². The van der Waals surface area contributed by atoms with Crippen molar-refractivity contribution in [2.45, 2.75) is 18.8 Å². The summed E-state index contributed by atoms with van der Waals surface area (Å²) in [5.41, 5.74) is 0. The van der Waals surface area contributed by atoms with Gasteiger partial charge in [0, 0.05) is 47.8 Å². The van der Waals surface area contributed by atoms with Gasteiger partial charge in [0.25, 0.3) is 5.92 Å². The Morgan fingerprint density at radius 1 is 1.18 bits per heavy atom. The zero-order chi connectivity index (χ0) is 8.06. The van der Waals surface area contributed by atoms with Crippen LogP contribution in [0.25, 0.3) is 0 Å². The van der Waals surface area contributed by atoms with Crippen LogP contribution >= 0.6 is 22.9 Å². The van der Waals surface area contributed by atoms with Gasteiger partial charge >= 0.3 is 0 Å². The molecule has 4 heteroatoms. The fourth-order valence-electron chi connectivity index (χ4n) is 1.92. The molecule has 0 spiro atoms. The highest BCUT2D eigenvalue weighted by molar-refractivity contribution is 14.1. The highest BCUT2D eigenvalue weighted by Gasteiger charge is 2.67. The van der Waals surface area contributed by atoms with Crippen LogP contribution in [0.5, 0.6) is 0 Å². The minimum atomic E-state index is -2.31. The molecule has 1 nitrogen and oxygen atoms in total. The number of nitrogens with zero attached hydrogens (tertiary/aromatic N) is 1. The Morgan fingerprint density at radius 3 is 2.09 bits per heavy atom. The third-order valence-electron chi connectivity index (χ3n) is 2.73. The average Bonchev–Trinajstić information content (AvgIpc) is 2.51. The number of alkyl halides is 2. The van der Waals surface area contributed by atoms with Crippen LogP contribution in [0.1, 0.15) is 12.8 Å².